The maximum absolute atomic E-state index is 12.7. The highest BCUT2D eigenvalue weighted by Crippen LogP contribution is 2.47. The maximum atomic E-state index is 12.7. The van der Waals surface area contributed by atoms with Gasteiger partial charge >= 0.3 is 19.8 Å². The fourth-order valence-corrected chi connectivity index (χ4v) is 7.00. The molecule has 0 amide bonds. The van der Waals surface area contributed by atoms with Crippen LogP contribution < -0.4 is 0 Å². The fraction of sp³-hybridized carbons (Fsp3) is 0.895. The van der Waals surface area contributed by atoms with Crippen LogP contribution in [0, 0.1) is 0 Å². The Balaban J connectivity index is 2.54. The molecule has 0 radical (unpaired) electrons. The van der Waals surface area contributed by atoms with Crippen LogP contribution in [0.4, 0.5) is 0 Å². The standard InChI is InChI=1S/C38H71O13P/c1-3-5-7-9-11-13-15-17-18-20-22-24-26-31(39)48-28-30(50-32(40)27-25-23-21-19-16-14-12-10-8-6-4-2)29-49-52(46,47)51-38-36(44)34(42)33(41)35(43)37(38)45/h10,12,30,33-38,41-45H,3-9,11,13-29H2,1-2H3,(H,46,47)/b12-10-/t30-,33?,34-,35?,36?,37?,38?/m1/s1. The van der Waals surface area contributed by atoms with Gasteiger partial charge in [0.05, 0.1) is 6.61 Å². The van der Waals surface area contributed by atoms with Crippen LogP contribution in [-0.4, -0.2) is 98.3 Å². The molecule has 1 aliphatic carbocycles. The zero-order chi connectivity index (χ0) is 38.6. The van der Waals surface area contributed by atoms with E-state index in [0.29, 0.717) is 12.8 Å². The zero-order valence-corrected chi connectivity index (χ0v) is 32.8. The van der Waals surface area contributed by atoms with Gasteiger partial charge in [-0.25, -0.2) is 4.57 Å². The SMILES string of the molecule is CCCC/C=C\CCCCCCCC(=O)O[C@H](COC(=O)CCCCCCCCCCCCCC)COP(=O)(O)OC1C(O)C(O)C(O)[C@@H](O)C1O. The molecule has 13 nitrogen and oxygen atoms in total. The summed E-state index contributed by atoms with van der Waals surface area (Å²) in [6.45, 7) is 3.22. The van der Waals surface area contributed by atoms with Crippen LogP contribution in [-0.2, 0) is 32.7 Å². The van der Waals surface area contributed by atoms with Crippen molar-refractivity contribution in [2.75, 3.05) is 13.2 Å². The number of hydrogen-bond donors (Lipinski definition) is 6. The number of ether oxygens (including phenoxy) is 2. The Morgan fingerprint density at radius 3 is 1.52 bits per heavy atom. The van der Waals surface area contributed by atoms with Gasteiger partial charge in [0, 0.05) is 12.8 Å². The molecule has 0 aliphatic heterocycles. The lowest BCUT2D eigenvalue weighted by atomic mass is 9.85. The number of esters is 2. The molecule has 1 saturated carbocycles. The van der Waals surface area contributed by atoms with E-state index in [1.165, 1.54) is 64.2 Å². The first-order valence-corrected chi connectivity index (χ1v) is 21.5. The molecule has 52 heavy (non-hydrogen) atoms. The summed E-state index contributed by atoms with van der Waals surface area (Å²) in [4.78, 5) is 35.4. The number of allylic oxidation sites excluding steroid dienone is 2. The van der Waals surface area contributed by atoms with E-state index in [-0.39, 0.29) is 12.8 Å². The van der Waals surface area contributed by atoms with Gasteiger partial charge in [-0.2, -0.15) is 0 Å². The van der Waals surface area contributed by atoms with Gasteiger partial charge in [-0.05, 0) is 32.1 Å². The molecule has 6 N–H and O–H groups in total. The number of phosphoric ester groups is 1. The molecule has 0 spiro atoms. The highest BCUT2D eigenvalue weighted by atomic mass is 31.2. The first kappa shape index (κ1) is 48.6. The van der Waals surface area contributed by atoms with E-state index in [1.807, 2.05) is 0 Å². The molecular weight excluding hydrogens is 695 g/mol. The normalized spacial score (nSPS) is 23.8. The van der Waals surface area contributed by atoms with Gasteiger partial charge in [-0.1, -0.05) is 129 Å². The van der Waals surface area contributed by atoms with Crippen molar-refractivity contribution >= 4 is 19.8 Å². The number of rotatable bonds is 32. The van der Waals surface area contributed by atoms with Crippen molar-refractivity contribution < 1.29 is 63.1 Å². The number of phosphoric acid groups is 1. The molecule has 1 rings (SSSR count). The first-order chi connectivity index (χ1) is 24.9. The van der Waals surface area contributed by atoms with Gasteiger partial charge in [0.25, 0.3) is 0 Å². The van der Waals surface area contributed by atoms with Gasteiger partial charge in [0.15, 0.2) is 6.10 Å². The predicted octanol–water partition coefficient (Wildman–Crippen LogP) is 6.33. The zero-order valence-electron chi connectivity index (χ0n) is 31.9. The van der Waals surface area contributed by atoms with Crippen molar-refractivity contribution in [3.63, 3.8) is 0 Å². The topological polar surface area (TPSA) is 210 Å². The Bertz CT molecular complexity index is 980. The molecule has 1 aliphatic rings. The minimum Gasteiger partial charge on any atom is -0.462 e. The highest BCUT2D eigenvalue weighted by Gasteiger charge is 2.51. The van der Waals surface area contributed by atoms with Crippen molar-refractivity contribution in [3.8, 4) is 0 Å². The summed E-state index contributed by atoms with van der Waals surface area (Å²) in [6.07, 6.45) is 14.3. The second-order valence-corrected chi connectivity index (χ2v) is 15.5. The predicted molar refractivity (Wildman–Crippen MR) is 198 cm³/mol. The summed E-state index contributed by atoms with van der Waals surface area (Å²) >= 11 is 0. The minimum absolute atomic E-state index is 0.0894. The second-order valence-electron chi connectivity index (χ2n) is 14.1. The lowest BCUT2D eigenvalue weighted by Gasteiger charge is -2.41. The van der Waals surface area contributed by atoms with E-state index >= 15 is 0 Å². The molecule has 1 fully saturated rings. The van der Waals surface area contributed by atoms with E-state index in [2.05, 4.69) is 26.0 Å². The van der Waals surface area contributed by atoms with Crippen molar-refractivity contribution in [3.05, 3.63) is 12.2 Å². The number of carbonyl (C=O) groups excluding carboxylic acids is 2. The van der Waals surface area contributed by atoms with E-state index in [4.69, 9.17) is 18.5 Å². The summed E-state index contributed by atoms with van der Waals surface area (Å²) in [5.41, 5.74) is 0. The van der Waals surface area contributed by atoms with Crippen molar-refractivity contribution in [2.45, 2.75) is 204 Å². The van der Waals surface area contributed by atoms with Crippen LogP contribution >= 0.6 is 7.82 Å². The molecule has 0 aromatic rings. The smallest absolute Gasteiger partial charge is 0.462 e. The second kappa shape index (κ2) is 29.9. The van der Waals surface area contributed by atoms with Crippen molar-refractivity contribution in [1.29, 1.82) is 0 Å². The lowest BCUT2D eigenvalue weighted by molar-refractivity contribution is -0.220. The van der Waals surface area contributed by atoms with Crippen LogP contribution in [0.15, 0.2) is 12.2 Å². The fourth-order valence-electron chi connectivity index (χ4n) is 6.03. The number of unbranched alkanes of at least 4 members (excludes halogenated alkanes) is 18. The van der Waals surface area contributed by atoms with E-state index in [1.54, 1.807) is 0 Å². The van der Waals surface area contributed by atoms with Gasteiger partial charge in [0.2, 0.25) is 0 Å². The molecule has 0 heterocycles. The number of carbonyl (C=O) groups is 2. The Hall–Kier alpha value is -1.41. The van der Waals surface area contributed by atoms with Crippen LogP contribution in [0.25, 0.3) is 0 Å². The third kappa shape index (κ3) is 22.7. The molecule has 0 aromatic carbocycles. The average Bonchev–Trinajstić information content (AvgIpc) is 3.12. The number of aliphatic hydroxyl groups is 5. The van der Waals surface area contributed by atoms with E-state index < -0.39 is 75.7 Å². The summed E-state index contributed by atoms with van der Waals surface area (Å²) < 4.78 is 33.3. The van der Waals surface area contributed by atoms with Gasteiger partial charge < -0.3 is 39.9 Å². The Kier molecular flexibility index (Phi) is 27.9. The third-order valence-electron chi connectivity index (χ3n) is 9.36. The largest absolute Gasteiger partial charge is 0.472 e. The van der Waals surface area contributed by atoms with Gasteiger partial charge in [-0.3, -0.25) is 18.6 Å². The molecule has 6 unspecified atom stereocenters. The quantitative estimate of drug-likeness (QED) is 0.0192. The summed E-state index contributed by atoms with van der Waals surface area (Å²) in [7, 11) is -5.10. The molecule has 14 heteroatoms. The monoisotopic (exact) mass is 766 g/mol. The van der Waals surface area contributed by atoms with E-state index in [9.17, 15) is 44.6 Å². The van der Waals surface area contributed by atoms with E-state index in [0.717, 1.165) is 57.8 Å². The molecule has 0 saturated heterocycles. The first-order valence-electron chi connectivity index (χ1n) is 20.0. The molecule has 8 atom stereocenters. The number of aliphatic hydroxyl groups excluding tert-OH is 5. The van der Waals surface area contributed by atoms with Crippen LogP contribution in [0.1, 0.15) is 162 Å². The summed E-state index contributed by atoms with van der Waals surface area (Å²) in [5, 5.41) is 49.9. The Morgan fingerprint density at radius 1 is 0.577 bits per heavy atom. The van der Waals surface area contributed by atoms with Crippen molar-refractivity contribution in [1.82, 2.24) is 0 Å². The molecule has 0 bridgehead atoms. The molecule has 306 valence electrons. The Morgan fingerprint density at radius 2 is 1.00 bits per heavy atom. The minimum atomic E-state index is -5.10. The summed E-state index contributed by atoms with van der Waals surface area (Å²) in [5.74, 6) is -1.11. The van der Waals surface area contributed by atoms with Gasteiger partial charge in [-0.15, -0.1) is 0 Å². The molecule has 0 aromatic heterocycles. The molecular formula is C38H71O13P. The van der Waals surface area contributed by atoms with Crippen molar-refractivity contribution in [2.24, 2.45) is 0 Å². The van der Waals surface area contributed by atoms with Gasteiger partial charge in [0.1, 0.15) is 43.2 Å². The third-order valence-corrected chi connectivity index (χ3v) is 10.3. The maximum Gasteiger partial charge on any atom is 0.472 e. The van der Waals surface area contributed by atoms with Crippen LogP contribution in [0.5, 0.6) is 0 Å². The average molecular weight is 767 g/mol. The highest BCUT2D eigenvalue weighted by molar-refractivity contribution is 7.47. The Labute approximate surface area is 312 Å². The number of hydrogen-bond acceptors (Lipinski definition) is 12. The lowest BCUT2D eigenvalue weighted by Crippen LogP contribution is -2.64. The van der Waals surface area contributed by atoms with Crippen LogP contribution in [0.2, 0.25) is 0 Å². The summed E-state index contributed by atoms with van der Waals surface area (Å²) in [6, 6.07) is 0. The van der Waals surface area contributed by atoms with Crippen LogP contribution in [0.3, 0.4) is 0 Å².